The topological polar surface area (TPSA) is 55.8 Å². The van der Waals surface area contributed by atoms with Crippen LogP contribution in [0.5, 0.6) is 5.75 Å². The first kappa shape index (κ1) is 29.0. The lowest BCUT2D eigenvalue weighted by atomic mass is 10.1. The van der Waals surface area contributed by atoms with Crippen LogP contribution in [0.3, 0.4) is 0 Å². The van der Waals surface area contributed by atoms with Crippen molar-refractivity contribution in [3.63, 3.8) is 0 Å². The van der Waals surface area contributed by atoms with Crippen LogP contribution in [0.15, 0.2) is 65.6 Å². The van der Waals surface area contributed by atoms with Gasteiger partial charge in [0.25, 0.3) is 10.0 Å². The highest BCUT2D eigenvalue weighted by atomic mass is 35.5. The first-order chi connectivity index (χ1) is 18.2. The summed E-state index contributed by atoms with van der Waals surface area (Å²) in [6.45, 7) is -0.314. The van der Waals surface area contributed by atoms with Crippen molar-refractivity contribution in [2.24, 2.45) is 0 Å². The van der Waals surface area contributed by atoms with Crippen molar-refractivity contribution in [3.05, 3.63) is 87.9 Å². The molecule has 13 heteroatoms. The molecular formula is C26H22ClF6NO4S. The van der Waals surface area contributed by atoms with Gasteiger partial charge in [0.2, 0.25) is 0 Å². The van der Waals surface area contributed by atoms with Crippen LogP contribution in [-0.2, 0) is 33.5 Å². The van der Waals surface area contributed by atoms with Gasteiger partial charge in [0.15, 0.2) is 5.75 Å². The maximum Gasteiger partial charge on any atom is 0.420 e. The molecule has 1 atom stereocenters. The number of fused-ring (bicyclic) bond motifs is 1. The Balaban J connectivity index is 1.74. The molecule has 3 aromatic carbocycles. The van der Waals surface area contributed by atoms with Crippen LogP contribution >= 0.6 is 11.6 Å². The maximum absolute atomic E-state index is 13.6. The van der Waals surface area contributed by atoms with E-state index in [1.807, 2.05) is 0 Å². The second kappa shape index (κ2) is 10.9. The SMILES string of the molecule is COCCN(c1ccc2c(c1)C(Oc1c(Cl)cccc1C(F)(F)F)CC2)S(=O)(=O)c1cccc(C(F)(F)F)c1. The number of aryl methyl sites for hydroxylation is 1. The molecule has 0 heterocycles. The Kier molecular flexibility index (Phi) is 8.11. The molecule has 1 unspecified atom stereocenters. The Hall–Kier alpha value is -2.96. The first-order valence-corrected chi connectivity index (χ1v) is 13.4. The van der Waals surface area contributed by atoms with Crippen molar-refractivity contribution in [2.45, 2.75) is 36.2 Å². The Morgan fingerprint density at radius 1 is 0.974 bits per heavy atom. The number of para-hydroxylation sites is 1. The van der Waals surface area contributed by atoms with Gasteiger partial charge in [-0.1, -0.05) is 29.8 Å². The first-order valence-electron chi connectivity index (χ1n) is 11.6. The summed E-state index contributed by atoms with van der Waals surface area (Å²) in [5, 5.41) is -0.233. The largest absolute Gasteiger partial charge is 0.484 e. The highest BCUT2D eigenvalue weighted by Gasteiger charge is 2.38. The number of methoxy groups -OCH3 is 1. The standard InChI is InChI=1S/C26H22ClF6NO4S/c1-37-13-12-34(39(35,36)19-5-2-4-17(14-19)25(28,29)30)18-10-8-16-9-11-23(20(16)15-18)38-24-21(26(31,32)33)6-3-7-22(24)27/h2-8,10,14-15,23H,9,11-13H2,1H3. The van der Waals surface area contributed by atoms with Crippen LogP contribution in [0.25, 0.3) is 0 Å². The Labute approximate surface area is 226 Å². The van der Waals surface area contributed by atoms with Crippen LogP contribution in [0.4, 0.5) is 32.0 Å². The van der Waals surface area contributed by atoms with E-state index in [1.54, 1.807) is 6.07 Å². The van der Waals surface area contributed by atoms with E-state index in [1.165, 1.54) is 25.3 Å². The number of anilines is 1. The summed E-state index contributed by atoms with van der Waals surface area (Å²) in [5.41, 5.74) is -0.907. The van der Waals surface area contributed by atoms with E-state index in [0.717, 1.165) is 40.2 Å². The predicted octanol–water partition coefficient (Wildman–Crippen LogP) is 7.29. The van der Waals surface area contributed by atoms with Crippen LogP contribution in [0.1, 0.15) is 34.8 Å². The molecule has 0 aliphatic heterocycles. The van der Waals surface area contributed by atoms with Gasteiger partial charge in [-0.25, -0.2) is 8.42 Å². The van der Waals surface area contributed by atoms with E-state index in [0.29, 0.717) is 24.5 Å². The van der Waals surface area contributed by atoms with Crippen LogP contribution in [-0.4, -0.2) is 28.7 Å². The zero-order chi connectivity index (χ0) is 28.6. The highest BCUT2D eigenvalue weighted by Crippen LogP contribution is 2.45. The van der Waals surface area contributed by atoms with Gasteiger partial charge in [0, 0.05) is 7.11 Å². The summed E-state index contributed by atoms with van der Waals surface area (Å²) in [6.07, 6.45) is -9.60. The van der Waals surface area contributed by atoms with Gasteiger partial charge >= 0.3 is 12.4 Å². The van der Waals surface area contributed by atoms with Crippen LogP contribution in [0.2, 0.25) is 5.02 Å². The number of benzene rings is 3. The zero-order valence-electron chi connectivity index (χ0n) is 20.3. The van der Waals surface area contributed by atoms with E-state index < -0.39 is 50.3 Å². The maximum atomic E-state index is 13.6. The van der Waals surface area contributed by atoms with E-state index in [2.05, 4.69) is 0 Å². The molecule has 0 aromatic heterocycles. The molecule has 39 heavy (non-hydrogen) atoms. The van der Waals surface area contributed by atoms with Crippen molar-refractivity contribution in [3.8, 4) is 5.75 Å². The van der Waals surface area contributed by atoms with Gasteiger partial charge in [-0.05, 0) is 66.4 Å². The highest BCUT2D eigenvalue weighted by molar-refractivity contribution is 7.92. The molecule has 210 valence electrons. The second-order valence-electron chi connectivity index (χ2n) is 8.74. The number of sulfonamides is 1. The molecule has 5 nitrogen and oxygen atoms in total. The summed E-state index contributed by atoms with van der Waals surface area (Å²) >= 11 is 6.05. The van der Waals surface area contributed by atoms with Gasteiger partial charge in [0.1, 0.15) is 6.10 Å². The van der Waals surface area contributed by atoms with Gasteiger partial charge in [-0.3, -0.25) is 4.31 Å². The van der Waals surface area contributed by atoms with Crippen molar-refractivity contribution in [2.75, 3.05) is 24.6 Å². The molecule has 3 aromatic rings. The Morgan fingerprint density at radius 2 is 1.69 bits per heavy atom. The number of rotatable bonds is 8. The average molecular weight is 594 g/mol. The number of alkyl halides is 6. The van der Waals surface area contributed by atoms with E-state index >= 15 is 0 Å². The molecule has 0 radical (unpaired) electrons. The zero-order valence-corrected chi connectivity index (χ0v) is 21.9. The van der Waals surface area contributed by atoms with Gasteiger partial charge in [-0.15, -0.1) is 0 Å². The van der Waals surface area contributed by atoms with E-state index in [9.17, 15) is 34.8 Å². The minimum Gasteiger partial charge on any atom is -0.484 e. The molecule has 0 saturated carbocycles. The summed E-state index contributed by atoms with van der Waals surface area (Å²) in [5.74, 6) is -0.539. The summed E-state index contributed by atoms with van der Waals surface area (Å²) in [6, 6.07) is 11.2. The molecule has 0 saturated heterocycles. The molecule has 0 N–H and O–H groups in total. The van der Waals surface area contributed by atoms with Crippen molar-refractivity contribution >= 4 is 27.3 Å². The molecule has 0 fully saturated rings. The molecule has 0 amide bonds. The molecule has 1 aliphatic carbocycles. The fourth-order valence-electron chi connectivity index (χ4n) is 4.35. The minimum atomic E-state index is -4.75. The third kappa shape index (κ3) is 6.12. The molecule has 0 bridgehead atoms. The fraction of sp³-hybridized carbons (Fsp3) is 0.308. The summed E-state index contributed by atoms with van der Waals surface area (Å²) in [4.78, 5) is -0.576. The number of hydrogen-bond acceptors (Lipinski definition) is 4. The lowest BCUT2D eigenvalue weighted by Gasteiger charge is -2.26. The molecule has 4 rings (SSSR count). The number of halogens is 7. The number of nitrogens with zero attached hydrogens (tertiary/aromatic N) is 1. The number of hydrogen-bond donors (Lipinski definition) is 0. The molecular weight excluding hydrogens is 572 g/mol. The van der Waals surface area contributed by atoms with Gasteiger partial charge in [-0.2, -0.15) is 26.3 Å². The monoisotopic (exact) mass is 593 g/mol. The molecule has 1 aliphatic rings. The average Bonchev–Trinajstić information content (AvgIpc) is 3.26. The minimum absolute atomic E-state index is 0.0796. The number of ether oxygens (including phenoxy) is 2. The Bertz CT molecular complexity index is 1460. The second-order valence-corrected chi connectivity index (χ2v) is 11.0. The van der Waals surface area contributed by atoms with Gasteiger partial charge in [0.05, 0.1) is 39.9 Å². The lowest BCUT2D eigenvalue weighted by molar-refractivity contribution is -0.139. The smallest absolute Gasteiger partial charge is 0.420 e. The Morgan fingerprint density at radius 3 is 2.36 bits per heavy atom. The van der Waals surface area contributed by atoms with Crippen LogP contribution in [0, 0.1) is 0 Å². The third-order valence-corrected chi connectivity index (χ3v) is 8.34. The third-order valence-electron chi connectivity index (χ3n) is 6.22. The van der Waals surface area contributed by atoms with E-state index in [-0.39, 0.29) is 23.9 Å². The normalized spacial score (nSPS) is 15.7. The van der Waals surface area contributed by atoms with Crippen molar-refractivity contribution < 1.29 is 44.2 Å². The quantitative estimate of drug-likeness (QED) is 0.258. The van der Waals surface area contributed by atoms with Crippen LogP contribution < -0.4 is 9.04 Å². The predicted molar refractivity (Wildman–Crippen MR) is 132 cm³/mol. The van der Waals surface area contributed by atoms with E-state index in [4.69, 9.17) is 21.1 Å². The van der Waals surface area contributed by atoms with Crippen molar-refractivity contribution in [1.29, 1.82) is 0 Å². The lowest BCUT2D eigenvalue weighted by Crippen LogP contribution is -2.34. The summed E-state index contributed by atoms with van der Waals surface area (Å²) < 4.78 is 119. The molecule has 0 spiro atoms. The summed E-state index contributed by atoms with van der Waals surface area (Å²) in [7, 11) is -3.16. The van der Waals surface area contributed by atoms with Crippen molar-refractivity contribution in [1.82, 2.24) is 0 Å². The fourth-order valence-corrected chi connectivity index (χ4v) is 6.05. The van der Waals surface area contributed by atoms with Gasteiger partial charge < -0.3 is 9.47 Å².